The van der Waals surface area contributed by atoms with Crippen LogP contribution in [0.3, 0.4) is 0 Å². The van der Waals surface area contributed by atoms with Crippen LogP contribution in [0, 0.1) is 12.7 Å². The number of hydrogen-bond acceptors (Lipinski definition) is 3. The van der Waals surface area contributed by atoms with Crippen LogP contribution >= 0.6 is 0 Å². The first-order valence-electron chi connectivity index (χ1n) is 5.52. The Morgan fingerprint density at radius 2 is 2.06 bits per heavy atom. The maximum absolute atomic E-state index is 13.1. The average molecular weight is 234 g/mol. The van der Waals surface area contributed by atoms with E-state index in [0.29, 0.717) is 11.6 Å². The molecule has 2 aromatic rings. The van der Waals surface area contributed by atoms with E-state index in [9.17, 15) is 4.39 Å². The highest BCUT2D eigenvalue weighted by atomic mass is 19.1. The molecule has 0 saturated carbocycles. The summed E-state index contributed by atoms with van der Waals surface area (Å²) < 4.78 is 18.1. The fourth-order valence-corrected chi connectivity index (χ4v) is 1.95. The summed E-state index contributed by atoms with van der Waals surface area (Å²) >= 11 is 0. The first-order valence-corrected chi connectivity index (χ1v) is 5.52. The lowest BCUT2D eigenvalue weighted by molar-refractivity contribution is 0.438. The molecule has 2 N–H and O–H groups in total. The molecule has 0 aliphatic carbocycles. The number of aromatic nitrogens is 1. The second kappa shape index (κ2) is 4.20. The van der Waals surface area contributed by atoms with Crippen LogP contribution in [0.1, 0.15) is 30.9 Å². The Morgan fingerprint density at radius 1 is 1.35 bits per heavy atom. The van der Waals surface area contributed by atoms with Crippen molar-refractivity contribution in [3.63, 3.8) is 0 Å². The van der Waals surface area contributed by atoms with Crippen molar-refractivity contribution in [2.24, 2.45) is 0 Å². The van der Waals surface area contributed by atoms with Gasteiger partial charge >= 0.3 is 0 Å². The van der Waals surface area contributed by atoms with E-state index < -0.39 is 0 Å². The van der Waals surface area contributed by atoms with Crippen molar-refractivity contribution in [2.45, 2.75) is 26.7 Å². The molecular weight excluding hydrogens is 219 g/mol. The van der Waals surface area contributed by atoms with Gasteiger partial charge in [0.2, 0.25) is 5.88 Å². The highest BCUT2D eigenvalue weighted by molar-refractivity contribution is 5.70. The summed E-state index contributed by atoms with van der Waals surface area (Å²) in [5.41, 5.74) is 9.01. The van der Waals surface area contributed by atoms with Gasteiger partial charge < -0.3 is 10.3 Å². The molecule has 0 unspecified atom stereocenters. The van der Waals surface area contributed by atoms with Crippen LogP contribution in [0.25, 0.3) is 11.3 Å². The third-order valence-corrected chi connectivity index (χ3v) is 2.78. The van der Waals surface area contributed by atoms with E-state index in [1.807, 2.05) is 20.8 Å². The molecule has 0 aliphatic rings. The summed E-state index contributed by atoms with van der Waals surface area (Å²) in [5.74, 6) is 0.285. The fraction of sp³-hybridized carbons (Fsp3) is 0.308. The van der Waals surface area contributed by atoms with E-state index in [4.69, 9.17) is 10.3 Å². The van der Waals surface area contributed by atoms with Crippen molar-refractivity contribution in [2.75, 3.05) is 5.73 Å². The molecular formula is C13H15FN2O. The maximum Gasteiger partial charge on any atom is 0.226 e. The van der Waals surface area contributed by atoms with Crippen LogP contribution in [0.4, 0.5) is 10.3 Å². The van der Waals surface area contributed by atoms with Crippen LogP contribution in [-0.4, -0.2) is 5.16 Å². The number of nitrogen functional groups attached to an aromatic ring is 1. The molecule has 4 heteroatoms. The number of nitrogens with zero attached hydrogens (tertiary/aromatic N) is 1. The van der Waals surface area contributed by atoms with Crippen molar-refractivity contribution in [1.29, 1.82) is 0 Å². The predicted molar refractivity (Wildman–Crippen MR) is 65.1 cm³/mol. The molecule has 0 fully saturated rings. The average Bonchev–Trinajstić information content (AvgIpc) is 2.60. The number of hydrogen-bond donors (Lipinski definition) is 1. The third kappa shape index (κ3) is 2.02. The zero-order chi connectivity index (χ0) is 12.6. The Morgan fingerprint density at radius 3 is 2.65 bits per heavy atom. The van der Waals surface area contributed by atoms with Gasteiger partial charge in [-0.25, -0.2) is 4.39 Å². The molecule has 1 aromatic heterocycles. The lowest BCUT2D eigenvalue weighted by Crippen LogP contribution is -1.95. The Bertz CT molecular complexity index is 546. The van der Waals surface area contributed by atoms with Gasteiger partial charge in [0.1, 0.15) is 11.5 Å². The van der Waals surface area contributed by atoms with Gasteiger partial charge in [0.15, 0.2) is 0 Å². The molecule has 0 spiro atoms. The summed E-state index contributed by atoms with van der Waals surface area (Å²) in [6.45, 7) is 5.88. The topological polar surface area (TPSA) is 52.0 Å². The summed E-state index contributed by atoms with van der Waals surface area (Å²) in [5, 5.41) is 3.98. The van der Waals surface area contributed by atoms with Crippen LogP contribution < -0.4 is 5.73 Å². The normalized spacial score (nSPS) is 11.1. The second-order valence-corrected chi connectivity index (χ2v) is 4.42. The zero-order valence-corrected chi connectivity index (χ0v) is 10.1. The van der Waals surface area contributed by atoms with Crippen molar-refractivity contribution in [3.8, 4) is 11.3 Å². The van der Waals surface area contributed by atoms with Gasteiger partial charge in [0, 0.05) is 11.1 Å². The van der Waals surface area contributed by atoms with Crippen molar-refractivity contribution in [3.05, 3.63) is 35.1 Å². The Balaban J connectivity index is 2.61. The summed E-state index contributed by atoms with van der Waals surface area (Å²) in [6.07, 6.45) is 0. The van der Waals surface area contributed by atoms with E-state index >= 15 is 0 Å². The predicted octanol–water partition coefficient (Wildman–Crippen LogP) is 3.49. The minimum absolute atomic E-state index is 0.209. The highest BCUT2D eigenvalue weighted by Crippen LogP contribution is 2.34. The number of rotatable bonds is 2. The third-order valence-electron chi connectivity index (χ3n) is 2.78. The van der Waals surface area contributed by atoms with Crippen LogP contribution in [-0.2, 0) is 0 Å². The Kier molecular flexibility index (Phi) is 2.88. The molecule has 17 heavy (non-hydrogen) atoms. The van der Waals surface area contributed by atoms with Gasteiger partial charge in [0.25, 0.3) is 0 Å². The number of nitrogens with two attached hydrogens (primary N) is 1. The minimum Gasteiger partial charge on any atom is -0.367 e. The monoisotopic (exact) mass is 234 g/mol. The largest absolute Gasteiger partial charge is 0.367 e. The zero-order valence-electron chi connectivity index (χ0n) is 10.1. The molecule has 1 heterocycles. The maximum atomic E-state index is 13.1. The van der Waals surface area contributed by atoms with Gasteiger partial charge in [0.05, 0.1) is 0 Å². The molecule has 0 atom stereocenters. The van der Waals surface area contributed by atoms with Crippen molar-refractivity contribution >= 4 is 5.88 Å². The molecule has 0 saturated heterocycles. The molecule has 0 amide bonds. The number of benzene rings is 1. The quantitative estimate of drug-likeness (QED) is 0.865. The van der Waals surface area contributed by atoms with Crippen LogP contribution in [0.5, 0.6) is 0 Å². The number of halogens is 1. The van der Waals surface area contributed by atoms with E-state index in [1.165, 1.54) is 12.1 Å². The number of aryl methyl sites for hydroxylation is 1. The highest BCUT2D eigenvalue weighted by Gasteiger charge is 2.19. The Hall–Kier alpha value is -1.84. The summed E-state index contributed by atoms with van der Waals surface area (Å²) in [4.78, 5) is 0. The number of anilines is 1. The van der Waals surface area contributed by atoms with Gasteiger partial charge in [-0.15, -0.1) is 0 Å². The van der Waals surface area contributed by atoms with Crippen LogP contribution in [0.15, 0.2) is 22.7 Å². The van der Waals surface area contributed by atoms with Gasteiger partial charge in [-0.05, 0) is 36.6 Å². The van der Waals surface area contributed by atoms with Crippen molar-refractivity contribution in [1.82, 2.24) is 5.16 Å². The molecule has 3 nitrogen and oxygen atoms in total. The summed E-state index contributed by atoms with van der Waals surface area (Å²) in [7, 11) is 0. The van der Waals surface area contributed by atoms with Crippen LogP contribution in [0.2, 0.25) is 0 Å². The van der Waals surface area contributed by atoms with Crippen molar-refractivity contribution < 1.29 is 8.91 Å². The van der Waals surface area contributed by atoms with E-state index in [2.05, 4.69) is 5.16 Å². The first kappa shape index (κ1) is 11.6. The summed E-state index contributed by atoms with van der Waals surface area (Å²) in [6, 6.07) is 4.59. The molecule has 0 aliphatic heterocycles. The van der Waals surface area contributed by atoms with E-state index in [0.717, 1.165) is 16.7 Å². The molecule has 1 aromatic carbocycles. The molecule has 90 valence electrons. The molecule has 0 bridgehead atoms. The fourth-order valence-electron chi connectivity index (χ4n) is 1.95. The van der Waals surface area contributed by atoms with E-state index in [1.54, 1.807) is 6.07 Å². The van der Waals surface area contributed by atoms with Gasteiger partial charge in [-0.1, -0.05) is 19.0 Å². The smallest absolute Gasteiger partial charge is 0.226 e. The standard InChI is InChI=1S/C13H15FN2O/c1-7(2)11-12(16-17-13(11)15)10-5-4-9(14)6-8(10)3/h4-7H,15H2,1-3H3. The van der Waals surface area contributed by atoms with Gasteiger partial charge in [-0.2, -0.15) is 0 Å². The second-order valence-electron chi connectivity index (χ2n) is 4.42. The lowest BCUT2D eigenvalue weighted by atomic mass is 9.96. The Labute approximate surface area is 99.4 Å². The van der Waals surface area contributed by atoms with E-state index in [-0.39, 0.29) is 11.7 Å². The molecule has 0 radical (unpaired) electrons. The van der Waals surface area contributed by atoms with Gasteiger partial charge in [-0.3, -0.25) is 0 Å². The SMILES string of the molecule is Cc1cc(F)ccc1-c1noc(N)c1C(C)C. The minimum atomic E-state index is -0.256. The first-order chi connectivity index (χ1) is 8.00. The molecule has 2 rings (SSSR count). The lowest BCUT2D eigenvalue weighted by Gasteiger charge is -2.07.